The third kappa shape index (κ3) is 4.06. The summed E-state index contributed by atoms with van der Waals surface area (Å²) in [6.45, 7) is 0.991. The highest BCUT2D eigenvalue weighted by atomic mass is 35.5. The lowest BCUT2D eigenvalue weighted by molar-refractivity contribution is -0.122. The number of hydrogen-bond donors (Lipinski definition) is 2. The third-order valence-electron chi connectivity index (χ3n) is 3.44. The molecular formula is C16H19ClN2O2S. The van der Waals surface area contributed by atoms with Crippen LogP contribution >= 0.6 is 24.2 Å². The van der Waals surface area contributed by atoms with Gasteiger partial charge >= 0.3 is 0 Å². The van der Waals surface area contributed by atoms with Crippen LogP contribution in [0.4, 0.5) is 0 Å². The summed E-state index contributed by atoms with van der Waals surface area (Å²) in [4.78, 5) is 11.8. The van der Waals surface area contributed by atoms with Crippen LogP contribution in [-0.4, -0.2) is 36.7 Å². The first-order chi connectivity index (χ1) is 10.3. The summed E-state index contributed by atoms with van der Waals surface area (Å²) in [7, 11) is 0. The number of thioether (sulfide) groups is 1. The van der Waals surface area contributed by atoms with E-state index in [1.807, 2.05) is 30.3 Å². The Bertz CT molecular complexity index is 627. The van der Waals surface area contributed by atoms with Gasteiger partial charge in [-0.15, -0.1) is 24.2 Å². The van der Waals surface area contributed by atoms with Crippen molar-refractivity contribution in [3.8, 4) is 5.75 Å². The van der Waals surface area contributed by atoms with Crippen molar-refractivity contribution >= 4 is 40.8 Å². The molecule has 0 bridgehead atoms. The van der Waals surface area contributed by atoms with Crippen LogP contribution in [0.25, 0.3) is 10.8 Å². The third-order valence-corrected chi connectivity index (χ3v) is 4.38. The largest absolute Gasteiger partial charge is 0.491 e. The van der Waals surface area contributed by atoms with Gasteiger partial charge in [-0.3, -0.25) is 10.1 Å². The maximum atomic E-state index is 11.8. The van der Waals surface area contributed by atoms with Gasteiger partial charge in [-0.2, -0.15) is 0 Å². The monoisotopic (exact) mass is 338 g/mol. The van der Waals surface area contributed by atoms with E-state index in [0.29, 0.717) is 13.2 Å². The van der Waals surface area contributed by atoms with Gasteiger partial charge in [-0.05, 0) is 11.5 Å². The zero-order valence-corrected chi connectivity index (χ0v) is 13.7. The Kier molecular flexibility index (Phi) is 6.36. The number of carbonyl (C=O) groups is 1. The normalized spacial score (nSPS) is 17.0. The van der Waals surface area contributed by atoms with Gasteiger partial charge in [-0.1, -0.05) is 36.4 Å². The number of hydrogen-bond acceptors (Lipinski definition) is 4. The van der Waals surface area contributed by atoms with E-state index in [1.165, 1.54) is 0 Å². The highest BCUT2D eigenvalue weighted by molar-refractivity contribution is 7.99. The molecule has 1 aliphatic rings. The van der Waals surface area contributed by atoms with Crippen LogP contribution in [0.2, 0.25) is 0 Å². The smallest absolute Gasteiger partial charge is 0.238 e. The first-order valence-corrected chi connectivity index (χ1v) is 8.19. The van der Waals surface area contributed by atoms with E-state index in [-0.39, 0.29) is 24.4 Å². The second kappa shape index (κ2) is 8.27. The van der Waals surface area contributed by atoms with E-state index in [4.69, 9.17) is 4.74 Å². The lowest BCUT2D eigenvalue weighted by Gasteiger charge is -2.12. The topological polar surface area (TPSA) is 50.4 Å². The quantitative estimate of drug-likeness (QED) is 0.822. The molecule has 2 aromatic rings. The van der Waals surface area contributed by atoms with E-state index in [9.17, 15) is 4.79 Å². The predicted molar refractivity (Wildman–Crippen MR) is 93.9 cm³/mol. The van der Waals surface area contributed by atoms with Crippen molar-refractivity contribution in [1.29, 1.82) is 0 Å². The van der Waals surface area contributed by atoms with Gasteiger partial charge in [0.05, 0.1) is 12.6 Å². The fraction of sp³-hybridized carbons (Fsp3) is 0.312. The first kappa shape index (κ1) is 16.9. The molecule has 4 nitrogen and oxygen atoms in total. The van der Waals surface area contributed by atoms with Crippen molar-refractivity contribution in [2.75, 3.05) is 24.8 Å². The summed E-state index contributed by atoms with van der Waals surface area (Å²) in [6.07, 6.45) is 0. The molecule has 1 aliphatic heterocycles. The van der Waals surface area contributed by atoms with Gasteiger partial charge in [0.15, 0.2) is 0 Å². The van der Waals surface area contributed by atoms with Crippen LogP contribution in [0.1, 0.15) is 0 Å². The summed E-state index contributed by atoms with van der Waals surface area (Å²) >= 11 is 1.74. The van der Waals surface area contributed by atoms with Crippen LogP contribution < -0.4 is 15.4 Å². The number of halogens is 1. The second-order valence-electron chi connectivity index (χ2n) is 4.89. The summed E-state index contributed by atoms with van der Waals surface area (Å²) in [5.41, 5.74) is 0. The number of ether oxygens (including phenoxy) is 1. The first-order valence-electron chi connectivity index (χ1n) is 7.04. The molecular weight excluding hydrogens is 320 g/mol. The van der Waals surface area contributed by atoms with Crippen LogP contribution in [0.15, 0.2) is 42.5 Å². The van der Waals surface area contributed by atoms with Gasteiger partial charge in [0.2, 0.25) is 5.91 Å². The summed E-state index contributed by atoms with van der Waals surface area (Å²) in [5, 5.41) is 8.31. The van der Waals surface area contributed by atoms with Crippen molar-refractivity contribution in [1.82, 2.24) is 10.6 Å². The molecule has 3 rings (SSSR count). The van der Waals surface area contributed by atoms with Gasteiger partial charge in [0.1, 0.15) is 12.4 Å². The summed E-state index contributed by atoms with van der Waals surface area (Å²) in [5.74, 6) is 2.61. The number of rotatable bonds is 5. The van der Waals surface area contributed by atoms with E-state index in [1.54, 1.807) is 11.8 Å². The Hall–Kier alpha value is -1.43. The van der Waals surface area contributed by atoms with E-state index in [0.717, 1.165) is 28.2 Å². The Labute approximate surface area is 140 Å². The highest BCUT2D eigenvalue weighted by Gasteiger charge is 2.21. The number of amides is 1. The zero-order chi connectivity index (χ0) is 14.5. The minimum atomic E-state index is -0.0624. The van der Waals surface area contributed by atoms with Crippen LogP contribution in [0.5, 0.6) is 5.75 Å². The number of fused-ring (bicyclic) bond motifs is 1. The minimum absolute atomic E-state index is 0. The van der Waals surface area contributed by atoms with Crippen molar-refractivity contribution in [3.63, 3.8) is 0 Å². The minimum Gasteiger partial charge on any atom is -0.491 e. The lowest BCUT2D eigenvalue weighted by Crippen LogP contribution is -2.43. The van der Waals surface area contributed by atoms with Crippen molar-refractivity contribution < 1.29 is 9.53 Å². The van der Waals surface area contributed by atoms with Gasteiger partial charge in [-0.25, -0.2) is 0 Å². The Morgan fingerprint density at radius 3 is 2.91 bits per heavy atom. The summed E-state index contributed by atoms with van der Waals surface area (Å²) in [6, 6.07) is 14.1. The fourth-order valence-electron chi connectivity index (χ4n) is 2.34. The highest BCUT2D eigenvalue weighted by Crippen LogP contribution is 2.24. The Morgan fingerprint density at radius 2 is 2.09 bits per heavy atom. The molecule has 1 amide bonds. The average Bonchev–Trinajstić information content (AvgIpc) is 3.06. The molecule has 0 aliphatic carbocycles. The number of nitrogens with one attached hydrogen (secondary N) is 2. The molecule has 1 heterocycles. The van der Waals surface area contributed by atoms with Crippen LogP contribution in [0, 0.1) is 0 Å². The summed E-state index contributed by atoms with van der Waals surface area (Å²) < 4.78 is 5.79. The van der Waals surface area contributed by atoms with E-state index < -0.39 is 0 Å². The standard InChI is InChI=1S/C16H18N2O2S.ClH/c19-16(14-10-21-11-18-14)17-8-9-20-15-7-3-5-12-4-1-2-6-13(12)15;/h1-7,14,18H,8-11H2,(H,17,19);1H. The van der Waals surface area contributed by atoms with E-state index >= 15 is 0 Å². The molecule has 2 aromatic carbocycles. The van der Waals surface area contributed by atoms with Crippen molar-refractivity contribution in [3.05, 3.63) is 42.5 Å². The molecule has 1 atom stereocenters. The SMILES string of the molecule is Cl.O=C(NCCOc1cccc2ccccc12)C1CSCN1. The maximum Gasteiger partial charge on any atom is 0.238 e. The molecule has 2 N–H and O–H groups in total. The van der Waals surface area contributed by atoms with Gasteiger partial charge in [0.25, 0.3) is 0 Å². The molecule has 0 spiro atoms. The van der Waals surface area contributed by atoms with Crippen molar-refractivity contribution in [2.45, 2.75) is 6.04 Å². The molecule has 1 unspecified atom stereocenters. The molecule has 6 heteroatoms. The molecule has 22 heavy (non-hydrogen) atoms. The average molecular weight is 339 g/mol. The van der Waals surface area contributed by atoms with Crippen LogP contribution in [0.3, 0.4) is 0 Å². The Morgan fingerprint density at radius 1 is 1.27 bits per heavy atom. The molecule has 1 saturated heterocycles. The molecule has 0 aromatic heterocycles. The zero-order valence-electron chi connectivity index (χ0n) is 12.1. The van der Waals surface area contributed by atoms with Gasteiger partial charge < -0.3 is 10.1 Å². The Balaban J connectivity index is 0.00000176. The second-order valence-corrected chi connectivity index (χ2v) is 5.92. The maximum absolute atomic E-state index is 11.8. The lowest BCUT2D eigenvalue weighted by atomic mass is 10.1. The molecule has 1 fully saturated rings. The molecule has 0 saturated carbocycles. The molecule has 0 radical (unpaired) electrons. The predicted octanol–water partition coefficient (Wildman–Crippen LogP) is 2.42. The van der Waals surface area contributed by atoms with E-state index in [2.05, 4.69) is 22.8 Å². The van der Waals surface area contributed by atoms with Crippen LogP contribution in [-0.2, 0) is 4.79 Å². The number of benzene rings is 2. The van der Waals surface area contributed by atoms with Gasteiger partial charge in [0, 0.05) is 17.0 Å². The molecule has 118 valence electrons. The number of carbonyl (C=O) groups excluding carboxylic acids is 1. The van der Waals surface area contributed by atoms with Crippen molar-refractivity contribution in [2.24, 2.45) is 0 Å². The fourth-order valence-corrected chi connectivity index (χ4v) is 3.29.